The summed E-state index contributed by atoms with van der Waals surface area (Å²) in [5.74, 6) is 0.962. The number of hydrogen-bond donors (Lipinski definition) is 1. The van der Waals surface area contributed by atoms with Crippen molar-refractivity contribution in [2.24, 2.45) is 4.99 Å². The van der Waals surface area contributed by atoms with Crippen LogP contribution in [-0.2, 0) is 6.54 Å². The van der Waals surface area contributed by atoms with E-state index >= 15 is 0 Å². The second kappa shape index (κ2) is 6.31. The summed E-state index contributed by atoms with van der Waals surface area (Å²) in [5, 5.41) is 3.51. The highest BCUT2D eigenvalue weighted by Crippen LogP contribution is 2.18. The predicted molar refractivity (Wildman–Crippen MR) is 90.2 cm³/mol. The van der Waals surface area contributed by atoms with E-state index < -0.39 is 0 Å². The third-order valence-electron chi connectivity index (χ3n) is 3.60. The van der Waals surface area contributed by atoms with E-state index in [0.717, 1.165) is 23.5 Å². The zero-order chi connectivity index (χ0) is 14.7. The Bertz CT molecular complexity index is 639. The first-order valence-electron chi connectivity index (χ1n) is 7.04. The van der Waals surface area contributed by atoms with Gasteiger partial charge < -0.3 is 10.2 Å². The van der Waals surface area contributed by atoms with Gasteiger partial charge in [0.2, 0.25) is 0 Å². The third kappa shape index (κ3) is 3.45. The van der Waals surface area contributed by atoms with E-state index in [1.807, 2.05) is 12.1 Å². The maximum absolute atomic E-state index is 4.63. The predicted octanol–water partition coefficient (Wildman–Crippen LogP) is 3.58. The van der Waals surface area contributed by atoms with Crippen LogP contribution in [0.2, 0.25) is 0 Å². The standard InChI is InChI=1S/C17H18BrN3/c1-21(12-13-6-5-9-15(18)10-13)17-19-11-16(20-17)14-7-3-2-4-8-14/h2-10,16H,11-12H2,1H3,(H,19,20). The number of nitrogens with one attached hydrogen (secondary N) is 1. The van der Waals surface area contributed by atoms with Crippen LogP contribution in [0.25, 0.3) is 0 Å². The molecule has 0 spiro atoms. The van der Waals surface area contributed by atoms with Crippen molar-refractivity contribution in [3.63, 3.8) is 0 Å². The summed E-state index contributed by atoms with van der Waals surface area (Å²) < 4.78 is 1.11. The Hall–Kier alpha value is -1.81. The van der Waals surface area contributed by atoms with Crippen LogP contribution in [0.4, 0.5) is 0 Å². The highest BCUT2D eigenvalue weighted by molar-refractivity contribution is 9.10. The average molecular weight is 344 g/mol. The fourth-order valence-corrected chi connectivity index (χ4v) is 2.96. The highest BCUT2D eigenvalue weighted by Gasteiger charge is 2.21. The van der Waals surface area contributed by atoms with Crippen LogP contribution in [0.1, 0.15) is 17.2 Å². The maximum atomic E-state index is 4.63. The topological polar surface area (TPSA) is 27.6 Å². The van der Waals surface area contributed by atoms with Crippen LogP contribution < -0.4 is 5.32 Å². The van der Waals surface area contributed by atoms with E-state index in [2.05, 4.69) is 80.7 Å². The third-order valence-corrected chi connectivity index (χ3v) is 4.09. The molecule has 1 aliphatic rings. The molecule has 1 unspecified atom stereocenters. The lowest BCUT2D eigenvalue weighted by atomic mass is 10.1. The molecule has 108 valence electrons. The Kier molecular flexibility index (Phi) is 4.25. The largest absolute Gasteiger partial charge is 0.348 e. The lowest BCUT2D eigenvalue weighted by Gasteiger charge is -2.21. The SMILES string of the molecule is CN(Cc1cccc(Br)c1)C1=NCC(c2ccccc2)N1. The lowest BCUT2D eigenvalue weighted by Crippen LogP contribution is -2.36. The number of guanidine groups is 1. The molecule has 21 heavy (non-hydrogen) atoms. The molecule has 2 aromatic carbocycles. The summed E-state index contributed by atoms with van der Waals surface area (Å²) in [6.45, 7) is 1.63. The molecule has 3 rings (SSSR count). The number of halogens is 1. The van der Waals surface area contributed by atoms with Gasteiger partial charge in [-0.25, -0.2) is 0 Å². The summed E-state index contributed by atoms with van der Waals surface area (Å²) >= 11 is 3.51. The Balaban J connectivity index is 1.63. The molecule has 2 aromatic rings. The van der Waals surface area contributed by atoms with Crippen molar-refractivity contribution >= 4 is 21.9 Å². The molecule has 3 nitrogen and oxygen atoms in total. The van der Waals surface area contributed by atoms with Crippen LogP contribution in [0, 0.1) is 0 Å². The Morgan fingerprint density at radius 3 is 2.76 bits per heavy atom. The first kappa shape index (κ1) is 14.1. The second-order valence-electron chi connectivity index (χ2n) is 5.26. The van der Waals surface area contributed by atoms with Gasteiger partial charge in [-0.05, 0) is 23.3 Å². The van der Waals surface area contributed by atoms with Crippen molar-refractivity contribution in [3.05, 3.63) is 70.2 Å². The van der Waals surface area contributed by atoms with E-state index in [0.29, 0.717) is 0 Å². The van der Waals surface area contributed by atoms with Gasteiger partial charge in [0.1, 0.15) is 0 Å². The fraction of sp³-hybridized carbons (Fsp3) is 0.235. The number of aliphatic imine (C=N–C) groups is 1. The van der Waals surface area contributed by atoms with Crippen molar-refractivity contribution in [3.8, 4) is 0 Å². The molecule has 0 aliphatic carbocycles. The molecule has 1 N–H and O–H groups in total. The number of hydrogen-bond acceptors (Lipinski definition) is 3. The first-order valence-corrected chi connectivity index (χ1v) is 7.83. The first-order chi connectivity index (χ1) is 10.2. The van der Waals surface area contributed by atoms with Crippen molar-refractivity contribution in [1.29, 1.82) is 0 Å². The van der Waals surface area contributed by atoms with Gasteiger partial charge in [0.15, 0.2) is 5.96 Å². The molecule has 1 heterocycles. The van der Waals surface area contributed by atoms with E-state index in [9.17, 15) is 0 Å². The van der Waals surface area contributed by atoms with Gasteiger partial charge >= 0.3 is 0 Å². The summed E-state index contributed by atoms with van der Waals surface area (Å²) in [6, 6.07) is 19.1. The molecule has 0 fully saturated rings. The summed E-state index contributed by atoms with van der Waals surface area (Å²) in [6.07, 6.45) is 0. The van der Waals surface area contributed by atoms with Crippen LogP contribution in [0.3, 0.4) is 0 Å². The molecule has 0 radical (unpaired) electrons. The van der Waals surface area contributed by atoms with Gasteiger partial charge in [0, 0.05) is 18.1 Å². The highest BCUT2D eigenvalue weighted by atomic mass is 79.9. The van der Waals surface area contributed by atoms with Crippen molar-refractivity contribution < 1.29 is 0 Å². The van der Waals surface area contributed by atoms with Gasteiger partial charge in [0.05, 0.1) is 12.6 Å². The van der Waals surface area contributed by atoms with Gasteiger partial charge in [-0.15, -0.1) is 0 Å². The van der Waals surface area contributed by atoms with Crippen LogP contribution in [0.5, 0.6) is 0 Å². The molecular weight excluding hydrogens is 326 g/mol. The summed E-state index contributed by atoms with van der Waals surface area (Å²) in [7, 11) is 2.07. The summed E-state index contributed by atoms with van der Waals surface area (Å²) in [4.78, 5) is 6.79. The Morgan fingerprint density at radius 1 is 1.19 bits per heavy atom. The Morgan fingerprint density at radius 2 is 2.00 bits per heavy atom. The van der Waals surface area contributed by atoms with E-state index in [1.165, 1.54) is 11.1 Å². The zero-order valence-electron chi connectivity index (χ0n) is 12.0. The zero-order valence-corrected chi connectivity index (χ0v) is 13.5. The second-order valence-corrected chi connectivity index (χ2v) is 6.17. The minimum absolute atomic E-state index is 0.283. The Labute approximate surface area is 133 Å². The quantitative estimate of drug-likeness (QED) is 0.922. The van der Waals surface area contributed by atoms with Crippen molar-refractivity contribution in [2.75, 3.05) is 13.6 Å². The number of nitrogens with zero attached hydrogens (tertiary/aromatic N) is 2. The number of benzene rings is 2. The molecule has 0 aromatic heterocycles. The lowest BCUT2D eigenvalue weighted by molar-refractivity contribution is 0.480. The van der Waals surface area contributed by atoms with E-state index in [4.69, 9.17) is 0 Å². The summed E-state index contributed by atoms with van der Waals surface area (Å²) in [5.41, 5.74) is 2.55. The van der Waals surface area contributed by atoms with Gasteiger partial charge in [-0.1, -0.05) is 58.4 Å². The van der Waals surface area contributed by atoms with Crippen LogP contribution >= 0.6 is 15.9 Å². The van der Waals surface area contributed by atoms with Gasteiger partial charge in [-0.2, -0.15) is 0 Å². The van der Waals surface area contributed by atoms with Crippen LogP contribution in [-0.4, -0.2) is 24.5 Å². The molecule has 0 amide bonds. The molecule has 1 aliphatic heterocycles. The molecular formula is C17H18BrN3. The minimum Gasteiger partial charge on any atom is -0.348 e. The van der Waals surface area contributed by atoms with Crippen LogP contribution in [0.15, 0.2) is 64.1 Å². The molecule has 4 heteroatoms. The fourth-order valence-electron chi connectivity index (χ4n) is 2.51. The molecule has 0 saturated carbocycles. The van der Waals surface area contributed by atoms with Crippen molar-refractivity contribution in [1.82, 2.24) is 10.2 Å². The maximum Gasteiger partial charge on any atom is 0.194 e. The molecule has 0 saturated heterocycles. The van der Waals surface area contributed by atoms with Crippen molar-refractivity contribution in [2.45, 2.75) is 12.6 Å². The van der Waals surface area contributed by atoms with E-state index in [-0.39, 0.29) is 6.04 Å². The van der Waals surface area contributed by atoms with E-state index in [1.54, 1.807) is 0 Å². The smallest absolute Gasteiger partial charge is 0.194 e. The average Bonchev–Trinajstić information content (AvgIpc) is 2.98. The van der Waals surface area contributed by atoms with Gasteiger partial charge in [0.25, 0.3) is 0 Å². The monoisotopic (exact) mass is 343 g/mol. The normalized spacial score (nSPS) is 17.2. The van der Waals surface area contributed by atoms with Gasteiger partial charge in [-0.3, -0.25) is 4.99 Å². The molecule has 0 bridgehead atoms. The minimum atomic E-state index is 0.283. The molecule has 1 atom stereocenters. The number of rotatable bonds is 3.